The Morgan fingerprint density at radius 1 is 1.47 bits per heavy atom. The zero-order valence-corrected chi connectivity index (χ0v) is 8.53. The lowest BCUT2D eigenvalue weighted by Gasteiger charge is -1.99. The molecule has 0 saturated heterocycles. The van der Waals surface area contributed by atoms with E-state index < -0.39 is 0 Å². The summed E-state index contributed by atoms with van der Waals surface area (Å²) < 4.78 is 15.1. The molecule has 0 aliphatic rings. The minimum atomic E-state index is -0.241. The van der Waals surface area contributed by atoms with Gasteiger partial charge in [-0.2, -0.15) is 0 Å². The molecule has 0 radical (unpaired) electrons. The Balaban J connectivity index is 2.64. The van der Waals surface area contributed by atoms with Crippen LogP contribution in [0.4, 0.5) is 4.39 Å². The fraction of sp³-hybridized carbons (Fsp3) is 0.273. The van der Waals surface area contributed by atoms with Gasteiger partial charge in [0.05, 0.1) is 6.61 Å². The Bertz CT molecular complexity index is 479. The van der Waals surface area contributed by atoms with Gasteiger partial charge < -0.3 is 4.57 Å². The highest BCUT2D eigenvalue weighted by atomic mass is 19.1. The number of benzene rings is 1. The second-order valence-corrected chi connectivity index (χ2v) is 3.41. The molecular formula is C11H13FN2O. The molecule has 1 aromatic carbocycles. The third-order valence-electron chi connectivity index (χ3n) is 2.51. The quantitative estimate of drug-likeness (QED) is 0.785. The van der Waals surface area contributed by atoms with Gasteiger partial charge in [-0.1, -0.05) is 0 Å². The number of rotatable bonds is 3. The van der Waals surface area contributed by atoms with Crippen LogP contribution in [0, 0.1) is 5.82 Å². The lowest BCUT2D eigenvalue weighted by molar-refractivity contribution is 0.125. The van der Waals surface area contributed by atoms with E-state index in [9.17, 15) is 4.39 Å². The molecule has 0 unspecified atom stereocenters. The number of hydrogen-bond acceptors (Lipinski definition) is 2. The van der Waals surface area contributed by atoms with Crippen molar-refractivity contribution < 1.29 is 9.23 Å². The summed E-state index contributed by atoms with van der Waals surface area (Å²) in [6, 6.07) is 4.74. The highest BCUT2D eigenvalue weighted by Crippen LogP contribution is 2.22. The molecule has 0 amide bonds. The molecule has 0 atom stereocenters. The van der Waals surface area contributed by atoms with Crippen molar-refractivity contribution >= 4 is 10.9 Å². The van der Waals surface area contributed by atoms with Gasteiger partial charge in [0.15, 0.2) is 0 Å². The summed E-state index contributed by atoms with van der Waals surface area (Å²) in [5, 5.41) is 0.863. The molecule has 4 heteroatoms. The first-order valence-corrected chi connectivity index (χ1v) is 4.85. The molecule has 15 heavy (non-hydrogen) atoms. The molecule has 1 aromatic heterocycles. The molecule has 80 valence electrons. The zero-order valence-electron chi connectivity index (χ0n) is 8.53. The van der Waals surface area contributed by atoms with Crippen molar-refractivity contribution in [2.24, 2.45) is 5.90 Å². The minimum absolute atomic E-state index is 0.241. The maximum absolute atomic E-state index is 13.1. The topological polar surface area (TPSA) is 40.2 Å². The molecule has 2 rings (SSSR count). The molecule has 0 aliphatic heterocycles. The lowest BCUT2D eigenvalue weighted by Crippen LogP contribution is -1.98. The van der Waals surface area contributed by atoms with Gasteiger partial charge in [0.1, 0.15) is 5.82 Å². The molecule has 2 N–H and O–H groups in total. The van der Waals surface area contributed by atoms with Crippen LogP contribution in [0.15, 0.2) is 24.4 Å². The molecule has 0 saturated carbocycles. The van der Waals surface area contributed by atoms with E-state index in [0.717, 1.165) is 23.0 Å². The van der Waals surface area contributed by atoms with Crippen LogP contribution in [0.3, 0.4) is 0 Å². The van der Waals surface area contributed by atoms with Gasteiger partial charge in [-0.3, -0.25) is 4.84 Å². The number of nitrogens with two attached hydrogens (primary N) is 1. The number of aromatic nitrogens is 1. The highest BCUT2D eigenvalue weighted by molar-refractivity contribution is 5.84. The fourth-order valence-corrected chi connectivity index (χ4v) is 1.81. The van der Waals surface area contributed by atoms with Gasteiger partial charge in [0.2, 0.25) is 0 Å². The third-order valence-corrected chi connectivity index (χ3v) is 2.51. The van der Waals surface area contributed by atoms with E-state index in [1.54, 1.807) is 6.07 Å². The summed E-state index contributed by atoms with van der Waals surface area (Å²) in [6.45, 7) is 3.18. The Morgan fingerprint density at radius 2 is 2.27 bits per heavy atom. The molecule has 0 spiro atoms. The monoisotopic (exact) mass is 208 g/mol. The van der Waals surface area contributed by atoms with Crippen molar-refractivity contribution in [3.8, 4) is 0 Å². The minimum Gasteiger partial charge on any atom is -0.347 e. The van der Waals surface area contributed by atoms with E-state index in [0.29, 0.717) is 6.61 Å². The molecule has 0 fully saturated rings. The van der Waals surface area contributed by atoms with E-state index in [-0.39, 0.29) is 5.82 Å². The summed E-state index contributed by atoms with van der Waals surface area (Å²) in [6.07, 6.45) is 1.94. The largest absolute Gasteiger partial charge is 0.347 e. The van der Waals surface area contributed by atoms with Gasteiger partial charge in [0, 0.05) is 29.2 Å². The fourth-order valence-electron chi connectivity index (χ4n) is 1.81. The molecule has 0 aliphatic carbocycles. The van der Waals surface area contributed by atoms with E-state index in [1.807, 2.05) is 17.7 Å². The first kappa shape index (κ1) is 10.1. The number of aryl methyl sites for hydroxylation is 1. The summed E-state index contributed by atoms with van der Waals surface area (Å²) in [7, 11) is 0. The van der Waals surface area contributed by atoms with Crippen molar-refractivity contribution in [3.63, 3.8) is 0 Å². The average Bonchev–Trinajstić information content (AvgIpc) is 2.57. The highest BCUT2D eigenvalue weighted by Gasteiger charge is 2.08. The van der Waals surface area contributed by atoms with Crippen LogP contribution in [0.25, 0.3) is 10.9 Å². The summed E-state index contributed by atoms with van der Waals surface area (Å²) in [5.41, 5.74) is 1.92. The standard InChI is InChI=1S/C11H13FN2O/c1-2-14-6-8(7-15-13)10-5-9(12)3-4-11(10)14/h3-6H,2,7,13H2,1H3. The van der Waals surface area contributed by atoms with E-state index in [2.05, 4.69) is 4.84 Å². The van der Waals surface area contributed by atoms with Crippen LogP contribution >= 0.6 is 0 Å². The smallest absolute Gasteiger partial charge is 0.123 e. The second-order valence-electron chi connectivity index (χ2n) is 3.41. The first-order chi connectivity index (χ1) is 7.26. The van der Waals surface area contributed by atoms with Crippen LogP contribution in [0.1, 0.15) is 12.5 Å². The summed E-state index contributed by atoms with van der Waals surface area (Å²) >= 11 is 0. The SMILES string of the molecule is CCn1cc(CON)c2cc(F)ccc21. The predicted octanol–water partition coefficient (Wildman–Crippen LogP) is 2.19. The Morgan fingerprint density at radius 3 is 2.93 bits per heavy atom. The van der Waals surface area contributed by atoms with Crippen LogP contribution in [0.2, 0.25) is 0 Å². The van der Waals surface area contributed by atoms with E-state index in [4.69, 9.17) is 5.90 Å². The van der Waals surface area contributed by atoms with Crippen LogP contribution < -0.4 is 5.90 Å². The molecule has 3 nitrogen and oxygen atoms in total. The van der Waals surface area contributed by atoms with Crippen molar-refractivity contribution in [1.29, 1.82) is 0 Å². The average molecular weight is 208 g/mol. The van der Waals surface area contributed by atoms with Crippen LogP contribution in [-0.4, -0.2) is 4.57 Å². The number of halogens is 1. The Hall–Kier alpha value is -1.39. The maximum atomic E-state index is 13.1. The number of hydrogen-bond donors (Lipinski definition) is 1. The molecule has 0 bridgehead atoms. The maximum Gasteiger partial charge on any atom is 0.123 e. The Labute approximate surface area is 87.2 Å². The second kappa shape index (κ2) is 4.00. The number of nitrogens with zero attached hydrogens (tertiary/aromatic N) is 1. The first-order valence-electron chi connectivity index (χ1n) is 4.85. The van der Waals surface area contributed by atoms with Crippen molar-refractivity contribution in [1.82, 2.24) is 4.57 Å². The van der Waals surface area contributed by atoms with Crippen molar-refractivity contribution in [3.05, 3.63) is 35.8 Å². The number of fused-ring (bicyclic) bond motifs is 1. The zero-order chi connectivity index (χ0) is 10.8. The van der Waals surface area contributed by atoms with Gasteiger partial charge in [-0.25, -0.2) is 10.3 Å². The van der Waals surface area contributed by atoms with Crippen molar-refractivity contribution in [2.45, 2.75) is 20.1 Å². The van der Waals surface area contributed by atoms with Gasteiger partial charge in [0.25, 0.3) is 0 Å². The normalized spacial score (nSPS) is 11.1. The van der Waals surface area contributed by atoms with Gasteiger partial charge in [-0.05, 0) is 25.1 Å². The molecule has 2 aromatic rings. The predicted molar refractivity (Wildman–Crippen MR) is 56.5 cm³/mol. The molecular weight excluding hydrogens is 195 g/mol. The van der Waals surface area contributed by atoms with Gasteiger partial charge in [-0.15, -0.1) is 0 Å². The summed E-state index contributed by atoms with van der Waals surface area (Å²) in [4.78, 5) is 4.60. The summed E-state index contributed by atoms with van der Waals surface area (Å²) in [5.74, 6) is 4.80. The van der Waals surface area contributed by atoms with Crippen molar-refractivity contribution in [2.75, 3.05) is 0 Å². The Kier molecular flexibility index (Phi) is 2.70. The lowest BCUT2D eigenvalue weighted by atomic mass is 10.2. The van der Waals surface area contributed by atoms with Gasteiger partial charge >= 0.3 is 0 Å². The van der Waals surface area contributed by atoms with Crippen LogP contribution in [0.5, 0.6) is 0 Å². The van der Waals surface area contributed by atoms with Crippen LogP contribution in [-0.2, 0) is 18.0 Å². The molecule has 1 heterocycles. The van der Waals surface area contributed by atoms with E-state index in [1.165, 1.54) is 12.1 Å². The van der Waals surface area contributed by atoms with E-state index >= 15 is 0 Å². The third kappa shape index (κ3) is 1.73.